The number of anilines is 1. The SMILES string of the molecule is CC(C)(CNCC(=O)Nc1ccccc1Cl)C(N)=O. The molecule has 0 saturated heterocycles. The minimum Gasteiger partial charge on any atom is -0.369 e. The smallest absolute Gasteiger partial charge is 0.238 e. The van der Waals surface area contributed by atoms with Crippen LogP contribution in [-0.4, -0.2) is 24.9 Å². The van der Waals surface area contributed by atoms with Crippen LogP contribution in [0.15, 0.2) is 24.3 Å². The molecule has 2 amide bonds. The van der Waals surface area contributed by atoms with Crippen LogP contribution >= 0.6 is 11.6 Å². The third kappa shape index (κ3) is 4.89. The molecule has 0 atom stereocenters. The summed E-state index contributed by atoms with van der Waals surface area (Å²) in [7, 11) is 0. The summed E-state index contributed by atoms with van der Waals surface area (Å²) in [6, 6.07) is 6.98. The summed E-state index contributed by atoms with van der Waals surface area (Å²) in [4.78, 5) is 22.8. The van der Waals surface area contributed by atoms with Crippen molar-refractivity contribution in [1.29, 1.82) is 0 Å². The molecule has 0 unspecified atom stereocenters. The molecule has 1 rings (SSSR count). The molecular weight excluding hydrogens is 266 g/mol. The van der Waals surface area contributed by atoms with E-state index in [1.54, 1.807) is 38.1 Å². The van der Waals surface area contributed by atoms with Gasteiger partial charge in [0, 0.05) is 6.54 Å². The second-order valence-electron chi connectivity index (χ2n) is 4.88. The van der Waals surface area contributed by atoms with Gasteiger partial charge in [-0.05, 0) is 26.0 Å². The molecule has 0 heterocycles. The number of primary amides is 1. The van der Waals surface area contributed by atoms with E-state index in [4.69, 9.17) is 17.3 Å². The fourth-order valence-corrected chi connectivity index (χ4v) is 1.52. The highest BCUT2D eigenvalue weighted by molar-refractivity contribution is 6.33. The predicted molar refractivity (Wildman–Crippen MR) is 75.9 cm³/mol. The molecular formula is C13H18ClN3O2. The Kier molecular flexibility index (Phi) is 5.32. The van der Waals surface area contributed by atoms with Crippen LogP contribution in [0, 0.1) is 5.41 Å². The fourth-order valence-electron chi connectivity index (χ4n) is 1.33. The average molecular weight is 284 g/mol. The number of amides is 2. The largest absolute Gasteiger partial charge is 0.369 e. The van der Waals surface area contributed by atoms with Crippen LogP contribution in [0.1, 0.15) is 13.8 Å². The lowest BCUT2D eigenvalue weighted by molar-refractivity contribution is -0.126. The van der Waals surface area contributed by atoms with Crippen molar-refractivity contribution in [3.05, 3.63) is 29.3 Å². The Morgan fingerprint density at radius 3 is 2.53 bits per heavy atom. The lowest BCUT2D eigenvalue weighted by Crippen LogP contribution is -2.42. The van der Waals surface area contributed by atoms with E-state index in [9.17, 15) is 9.59 Å². The monoisotopic (exact) mass is 283 g/mol. The molecule has 0 aliphatic carbocycles. The number of nitrogens with one attached hydrogen (secondary N) is 2. The lowest BCUT2D eigenvalue weighted by Gasteiger charge is -2.20. The van der Waals surface area contributed by atoms with Gasteiger partial charge in [-0.25, -0.2) is 0 Å². The second kappa shape index (κ2) is 6.54. The molecule has 0 spiro atoms. The number of hydrogen-bond donors (Lipinski definition) is 3. The second-order valence-corrected chi connectivity index (χ2v) is 5.29. The maximum absolute atomic E-state index is 11.7. The van der Waals surface area contributed by atoms with Gasteiger partial charge in [-0.2, -0.15) is 0 Å². The standard InChI is InChI=1S/C13H18ClN3O2/c1-13(2,12(15)19)8-16-7-11(18)17-10-6-4-3-5-9(10)14/h3-6,16H,7-8H2,1-2H3,(H2,15,19)(H,17,18). The Labute approximate surface area is 117 Å². The molecule has 1 aromatic carbocycles. The van der Waals surface area contributed by atoms with Crippen LogP contribution in [-0.2, 0) is 9.59 Å². The number of rotatable bonds is 6. The number of carbonyl (C=O) groups excluding carboxylic acids is 2. The number of halogens is 1. The van der Waals surface area contributed by atoms with Crippen molar-refractivity contribution in [3.63, 3.8) is 0 Å². The summed E-state index contributed by atoms with van der Waals surface area (Å²) < 4.78 is 0. The van der Waals surface area contributed by atoms with E-state index < -0.39 is 11.3 Å². The van der Waals surface area contributed by atoms with E-state index >= 15 is 0 Å². The maximum atomic E-state index is 11.7. The number of benzene rings is 1. The zero-order chi connectivity index (χ0) is 14.5. The maximum Gasteiger partial charge on any atom is 0.238 e. The van der Waals surface area contributed by atoms with Crippen LogP contribution in [0.2, 0.25) is 5.02 Å². The van der Waals surface area contributed by atoms with Gasteiger partial charge in [0.2, 0.25) is 11.8 Å². The summed E-state index contributed by atoms with van der Waals surface area (Å²) in [5.74, 6) is -0.639. The topological polar surface area (TPSA) is 84.2 Å². The van der Waals surface area contributed by atoms with Gasteiger partial charge in [0.25, 0.3) is 0 Å². The van der Waals surface area contributed by atoms with Crippen molar-refractivity contribution < 1.29 is 9.59 Å². The summed E-state index contributed by atoms with van der Waals surface area (Å²) in [6.07, 6.45) is 0. The van der Waals surface area contributed by atoms with Crippen molar-refractivity contribution in [3.8, 4) is 0 Å². The third-order valence-corrected chi connectivity index (χ3v) is 3.00. The molecule has 0 fully saturated rings. The molecule has 0 bridgehead atoms. The van der Waals surface area contributed by atoms with Crippen molar-refractivity contribution >= 4 is 29.1 Å². The third-order valence-electron chi connectivity index (χ3n) is 2.67. The van der Waals surface area contributed by atoms with E-state index in [-0.39, 0.29) is 12.5 Å². The van der Waals surface area contributed by atoms with Gasteiger partial charge in [-0.3, -0.25) is 9.59 Å². The van der Waals surface area contributed by atoms with Gasteiger partial charge in [-0.1, -0.05) is 23.7 Å². The molecule has 1 aromatic rings. The van der Waals surface area contributed by atoms with E-state index in [0.29, 0.717) is 17.3 Å². The normalized spacial score (nSPS) is 11.1. The first-order valence-corrected chi connectivity index (χ1v) is 6.26. The number of carbonyl (C=O) groups is 2. The highest BCUT2D eigenvalue weighted by Gasteiger charge is 2.24. The molecule has 6 heteroatoms. The highest BCUT2D eigenvalue weighted by atomic mass is 35.5. The molecule has 104 valence electrons. The van der Waals surface area contributed by atoms with E-state index in [2.05, 4.69) is 10.6 Å². The van der Waals surface area contributed by atoms with E-state index in [1.165, 1.54) is 0 Å². The minimum absolute atomic E-state index is 0.0853. The minimum atomic E-state index is -0.690. The van der Waals surface area contributed by atoms with Crippen molar-refractivity contribution in [2.75, 3.05) is 18.4 Å². The fraction of sp³-hybridized carbons (Fsp3) is 0.385. The Balaban J connectivity index is 2.41. The summed E-state index contributed by atoms with van der Waals surface area (Å²) in [5.41, 5.74) is 5.10. The molecule has 0 radical (unpaired) electrons. The van der Waals surface area contributed by atoms with Crippen LogP contribution < -0.4 is 16.4 Å². The molecule has 0 aromatic heterocycles. The summed E-state index contributed by atoms with van der Waals surface area (Å²) >= 11 is 5.92. The van der Waals surface area contributed by atoms with E-state index in [0.717, 1.165) is 0 Å². The predicted octanol–water partition coefficient (Wildman–Crippen LogP) is 1.38. The molecule has 19 heavy (non-hydrogen) atoms. The lowest BCUT2D eigenvalue weighted by atomic mass is 9.93. The number of hydrogen-bond acceptors (Lipinski definition) is 3. The Bertz CT molecular complexity index is 475. The Morgan fingerprint density at radius 1 is 1.32 bits per heavy atom. The van der Waals surface area contributed by atoms with Gasteiger partial charge >= 0.3 is 0 Å². The quantitative estimate of drug-likeness (QED) is 0.737. The number of para-hydroxylation sites is 1. The van der Waals surface area contributed by atoms with Gasteiger partial charge < -0.3 is 16.4 Å². The molecule has 5 nitrogen and oxygen atoms in total. The Hall–Kier alpha value is -1.59. The number of nitrogens with two attached hydrogens (primary N) is 1. The first-order valence-electron chi connectivity index (χ1n) is 5.88. The summed E-state index contributed by atoms with van der Waals surface area (Å²) in [6.45, 7) is 3.85. The van der Waals surface area contributed by atoms with Gasteiger partial charge in [0.05, 0.1) is 22.7 Å². The van der Waals surface area contributed by atoms with Gasteiger partial charge in [0.1, 0.15) is 0 Å². The molecule has 0 aliphatic heterocycles. The highest BCUT2D eigenvalue weighted by Crippen LogP contribution is 2.20. The average Bonchev–Trinajstić information content (AvgIpc) is 2.31. The zero-order valence-electron chi connectivity index (χ0n) is 11.0. The van der Waals surface area contributed by atoms with Gasteiger partial charge in [-0.15, -0.1) is 0 Å². The molecule has 0 saturated carbocycles. The van der Waals surface area contributed by atoms with Gasteiger partial charge in [0.15, 0.2) is 0 Å². The Morgan fingerprint density at radius 2 is 1.95 bits per heavy atom. The van der Waals surface area contributed by atoms with Crippen molar-refractivity contribution in [1.82, 2.24) is 5.32 Å². The zero-order valence-corrected chi connectivity index (χ0v) is 11.8. The van der Waals surface area contributed by atoms with Crippen molar-refractivity contribution in [2.45, 2.75) is 13.8 Å². The van der Waals surface area contributed by atoms with Crippen LogP contribution in [0.4, 0.5) is 5.69 Å². The van der Waals surface area contributed by atoms with Crippen LogP contribution in [0.5, 0.6) is 0 Å². The van der Waals surface area contributed by atoms with Crippen LogP contribution in [0.3, 0.4) is 0 Å². The molecule has 0 aliphatic rings. The van der Waals surface area contributed by atoms with Crippen molar-refractivity contribution in [2.24, 2.45) is 11.1 Å². The first kappa shape index (κ1) is 15.5. The summed E-state index contributed by atoms with van der Waals surface area (Å²) in [5, 5.41) is 6.05. The molecule has 4 N–H and O–H groups in total. The van der Waals surface area contributed by atoms with Crippen LogP contribution in [0.25, 0.3) is 0 Å². The first-order chi connectivity index (χ1) is 8.83. The van der Waals surface area contributed by atoms with E-state index in [1.807, 2.05) is 0 Å².